The molecule has 6 unspecified atom stereocenters. The summed E-state index contributed by atoms with van der Waals surface area (Å²) < 4.78 is 20.3. The van der Waals surface area contributed by atoms with Crippen molar-refractivity contribution in [3.8, 4) is 0 Å². The molecule has 2 spiro atoms. The summed E-state index contributed by atoms with van der Waals surface area (Å²) in [7, 11) is -1.93. The van der Waals surface area contributed by atoms with Crippen molar-refractivity contribution >= 4 is 14.3 Å². The molecule has 6 aliphatic rings. The molecule has 6 fully saturated rings. The third-order valence-corrected chi connectivity index (χ3v) is 20.8. The van der Waals surface area contributed by atoms with E-state index in [2.05, 4.69) is 62.3 Å². The summed E-state index contributed by atoms with van der Waals surface area (Å²) in [5.74, 6) is 3.08. The van der Waals surface area contributed by atoms with E-state index in [0.29, 0.717) is 40.6 Å². The molecule has 5 aliphatic carbocycles. The molecular formula is C36H62O4Si. The molecule has 0 bridgehead atoms. The number of esters is 1. The van der Waals surface area contributed by atoms with E-state index < -0.39 is 14.4 Å². The van der Waals surface area contributed by atoms with Gasteiger partial charge in [0.05, 0.1) is 18.8 Å². The molecule has 0 aromatic rings. The molecule has 41 heavy (non-hydrogen) atoms. The van der Waals surface area contributed by atoms with Gasteiger partial charge in [-0.05, 0) is 128 Å². The maximum absolute atomic E-state index is 13.1. The zero-order valence-corrected chi connectivity index (χ0v) is 29.2. The lowest BCUT2D eigenvalue weighted by molar-refractivity contribution is -0.182. The van der Waals surface area contributed by atoms with Crippen molar-refractivity contribution in [1.29, 1.82) is 0 Å². The van der Waals surface area contributed by atoms with E-state index in [1.807, 2.05) is 6.92 Å². The van der Waals surface area contributed by atoms with E-state index in [0.717, 1.165) is 36.4 Å². The smallest absolute Gasteiger partial charge is 0.335 e. The van der Waals surface area contributed by atoms with E-state index in [1.165, 1.54) is 44.9 Å². The van der Waals surface area contributed by atoms with Crippen molar-refractivity contribution in [1.82, 2.24) is 0 Å². The zero-order valence-electron chi connectivity index (χ0n) is 28.2. The average Bonchev–Trinajstić information content (AvgIpc) is 3.57. The van der Waals surface area contributed by atoms with Crippen molar-refractivity contribution in [2.24, 2.45) is 56.7 Å². The Hall–Kier alpha value is -0.393. The van der Waals surface area contributed by atoms with E-state index >= 15 is 0 Å². The third-order valence-electron chi connectivity index (χ3n) is 16.2. The Morgan fingerprint density at radius 2 is 1.51 bits per heavy atom. The second-order valence-electron chi connectivity index (χ2n) is 17.0. The van der Waals surface area contributed by atoms with E-state index in [1.54, 1.807) is 0 Å². The highest BCUT2D eigenvalue weighted by Crippen LogP contribution is 2.89. The van der Waals surface area contributed by atoms with Gasteiger partial charge in [0.15, 0.2) is 14.4 Å². The van der Waals surface area contributed by atoms with Gasteiger partial charge in [-0.3, -0.25) is 0 Å². The summed E-state index contributed by atoms with van der Waals surface area (Å²) in [6, 6.07) is 3.47. The van der Waals surface area contributed by atoms with Gasteiger partial charge in [0.2, 0.25) is 0 Å². The first-order valence-corrected chi connectivity index (χ1v) is 20.3. The van der Waals surface area contributed by atoms with Gasteiger partial charge in [-0.25, -0.2) is 4.79 Å². The van der Waals surface area contributed by atoms with Crippen LogP contribution in [0.4, 0.5) is 0 Å². The molecule has 234 valence electrons. The lowest BCUT2D eigenvalue weighted by atomic mass is 9.41. The Kier molecular flexibility index (Phi) is 7.32. The van der Waals surface area contributed by atoms with Crippen molar-refractivity contribution in [2.45, 2.75) is 157 Å². The number of hydrogen-bond donors (Lipinski definition) is 0. The molecule has 0 aromatic heterocycles. The lowest BCUT2D eigenvalue weighted by Gasteiger charge is -2.64. The number of hydrogen-bond acceptors (Lipinski definition) is 4. The van der Waals surface area contributed by atoms with Crippen LogP contribution in [-0.4, -0.2) is 39.2 Å². The van der Waals surface area contributed by atoms with E-state index in [-0.39, 0.29) is 29.0 Å². The molecular weight excluding hydrogens is 524 g/mol. The summed E-state index contributed by atoms with van der Waals surface area (Å²) in [6.45, 7) is 24.9. The average molecular weight is 587 g/mol. The highest BCUT2D eigenvalue weighted by molar-refractivity contribution is 6.73. The highest BCUT2D eigenvalue weighted by Gasteiger charge is 2.84. The summed E-state index contributed by atoms with van der Waals surface area (Å²) in [4.78, 5) is 13.1. The lowest BCUT2D eigenvalue weighted by Crippen LogP contribution is -2.60. The van der Waals surface area contributed by atoms with Crippen LogP contribution < -0.4 is 0 Å². The molecule has 5 saturated carbocycles. The first-order valence-electron chi connectivity index (χ1n) is 17.8. The van der Waals surface area contributed by atoms with E-state index in [4.69, 9.17) is 13.9 Å². The van der Waals surface area contributed by atoms with E-state index in [9.17, 15) is 4.79 Å². The molecule has 1 saturated heterocycles. The number of carbonyl (C=O) groups is 1. The fraction of sp³-hybridized carbons (Fsp3) is 0.972. The molecule has 0 radical (unpaired) electrons. The molecule has 0 amide bonds. The molecule has 1 aliphatic heterocycles. The Labute approximate surface area is 252 Å². The first kappa shape index (κ1) is 30.6. The fourth-order valence-corrected chi connectivity index (χ4v) is 16.2. The Balaban J connectivity index is 1.45. The second kappa shape index (κ2) is 9.80. The molecule has 4 nitrogen and oxygen atoms in total. The van der Waals surface area contributed by atoms with Crippen LogP contribution in [0.2, 0.25) is 18.1 Å². The molecule has 1 heterocycles. The van der Waals surface area contributed by atoms with Crippen LogP contribution in [-0.2, 0) is 18.7 Å². The van der Waals surface area contributed by atoms with Crippen LogP contribution in [0.15, 0.2) is 0 Å². The minimum atomic E-state index is -1.93. The van der Waals surface area contributed by atoms with Gasteiger partial charge >= 0.3 is 5.97 Å². The normalized spacial score (nSPS) is 51.5. The monoisotopic (exact) mass is 586 g/mol. The summed E-state index contributed by atoms with van der Waals surface area (Å²) in [5, 5.41) is 0. The number of fused-ring (bicyclic) bond motifs is 4. The third kappa shape index (κ3) is 3.73. The number of rotatable bonds is 7. The SMILES string of the molecule is CCOC(=O)C1CC(C)C2C(O1)[C@H](O[Si](CC)(CC)CC)[C@@]1(C)[C@@H]3CC[C@H]4C(C)(C)C(C)CC[C@@]45CC35CC[C@]21C. The van der Waals surface area contributed by atoms with Gasteiger partial charge in [0.25, 0.3) is 0 Å². The van der Waals surface area contributed by atoms with Crippen molar-refractivity contribution in [3.05, 3.63) is 0 Å². The molecule has 6 rings (SSSR count). The summed E-state index contributed by atoms with van der Waals surface area (Å²) in [6.07, 6.45) is 10.1. The maximum Gasteiger partial charge on any atom is 0.335 e. The topological polar surface area (TPSA) is 44.8 Å². The van der Waals surface area contributed by atoms with Gasteiger partial charge in [-0.15, -0.1) is 0 Å². The molecule has 5 heteroatoms. The van der Waals surface area contributed by atoms with Gasteiger partial charge in [0.1, 0.15) is 0 Å². The largest absolute Gasteiger partial charge is 0.464 e. The van der Waals surface area contributed by atoms with Crippen LogP contribution in [0.1, 0.15) is 121 Å². The minimum Gasteiger partial charge on any atom is -0.464 e. The van der Waals surface area contributed by atoms with Gasteiger partial charge in [0, 0.05) is 5.41 Å². The van der Waals surface area contributed by atoms with Crippen molar-refractivity contribution < 1.29 is 18.7 Å². The van der Waals surface area contributed by atoms with Crippen molar-refractivity contribution in [2.75, 3.05) is 6.61 Å². The van der Waals surface area contributed by atoms with Crippen LogP contribution in [0.3, 0.4) is 0 Å². The zero-order chi connectivity index (χ0) is 29.8. The predicted molar refractivity (Wildman–Crippen MR) is 168 cm³/mol. The van der Waals surface area contributed by atoms with Gasteiger partial charge in [-0.1, -0.05) is 62.3 Å². The number of ether oxygens (including phenoxy) is 2. The van der Waals surface area contributed by atoms with Crippen LogP contribution in [0, 0.1) is 56.7 Å². The summed E-state index contributed by atoms with van der Waals surface area (Å²) in [5.41, 5.74) is 1.70. The molecule has 12 atom stereocenters. The summed E-state index contributed by atoms with van der Waals surface area (Å²) >= 11 is 0. The van der Waals surface area contributed by atoms with Gasteiger partial charge < -0.3 is 13.9 Å². The Bertz CT molecular complexity index is 1030. The fourth-order valence-electron chi connectivity index (χ4n) is 13.3. The van der Waals surface area contributed by atoms with Gasteiger partial charge in [-0.2, -0.15) is 0 Å². The quantitative estimate of drug-likeness (QED) is 0.221. The van der Waals surface area contributed by atoms with Crippen molar-refractivity contribution in [3.63, 3.8) is 0 Å². The molecule has 0 N–H and O–H groups in total. The van der Waals surface area contributed by atoms with Crippen LogP contribution in [0.25, 0.3) is 0 Å². The maximum atomic E-state index is 13.1. The second-order valence-corrected chi connectivity index (χ2v) is 21.7. The Morgan fingerprint density at radius 1 is 0.878 bits per heavy atom. The highest BCUT2D eigenvalue weighted by atomic mass is 28.4. The number of carbonyl (C=O) groups excluding carboxylic acids is 1. The van der Waals surface area contributed by atoms with Crippen LogP contribution in [0.5, 0.6) is 0 Å². The molecule has 0 aromatic carbocycles. The standard InChI is InChI=1S/C36H62O4Si/c1-11-38-31(37)25-21-23(5)28-29(39-25)30(40-41(12-2,13-3)14-4)34(10)27-16-15-26-32(7,8)24(6)17-18-35(26)22-36(27,35)20-19-33(28,34)9/h23-30H,11-22H2,1-10H3/t23?,24?,25?,26-,27-,28?,29?,30-,33+,34+,35+,36?/m0/s1. The minimum absolute atomic E-state index is 0.00919. The Morgan fingerprint density at radius 3 is 2.15 bits per heavy atom. The predicted octanol–water partition coefficient (Wildman–Crippen LogP) is 9.03. The van der Waals surface area contributed by atoms with Crippen LogP contribution >= 0.6 is 0 Å². The first-order chi connectivity index (χ1) is 19.3.